The molecular weight excluding hydrogens is 230 g/mol. The van der Waals surface area contributed by atoms with Gasteiger partial charge in [-0.1, -0.05) is 42.2 Å². The molecule has 1 saturated heterocycles. The summed E-state index contributed by atoms with van der Waals surface area (Å²) in [5, 5.41) is 9.83. The Morgan fingerprint density at radius 2 is 2.07 bits per heavy atom. The highest BCUT2D eigenvalue weighted by molar-refractivity contribution is 8.24. The zero-order valence-electron chi connectivity index (χ0n) is 7.58. The fourth-order valence-electron chi connectivity index (χ4n) is 1.04. The molecule has 1 N–H and O–H groups in total. The Morgan fingerprint density at radius 3 is 2.67 bits per heavy atom. The van der Waals surface area contributed by atoms with Crippen LogP contribution in [0.3, 0.4) is 0 Å². The van der Waals surface area contributed by atoms with Gasteiger partial charge in [-0.25, -0.2) is 0 Å². The first-order chi connectivity index (χ1) is 7.25. The number of carbonyl (C=O) groups is 1. The highest BCUT2D eigenvalue weighted by Crippen LogP contribution is 2.22. The van der Waals surface area contributed by atoms with E-state index in [1.165, 1.54) is 11.8 Å². The van der Waals surface area contributed by atoms with Gasteiger partial charge in [0.2, 0.25) is 5.37 Å². The highest BCUT2D eigenvalue weighted by Gasteiger charge is 2.28. The predicted octanol–water partition coefficient (Wildman–Crippen LogP) is 2.24. The van der Waals surface area contributed by atoms with Crippen LogP contribution >= 0.6 is 24.0 Å². The number of hydrogen-bond acceptors (Lipinski definition) is 5. The third kappa shape index (κ3) is 2.60. The molecule has 0 aliphatic carbocycles. The second-order valence-corrected chi connectivity index (χ2v) is 4.56. The minimum Gasteiger partial charge on any atom is -0.309 e. The van der Waals surface area contributed by atoms with Crippen LogP contribution in [-0.4, -0.2) is 15.6 Å². The van der Waals surface area contributed by atoms with Crippen LogP contribution in [0.5, 0.6) is 0 Å². The van der Waals surface area contributed by atoms with Gasteiger partial charge in [0.15, 0.2) is 0 Å². The summed E-state index contributed by atoms with van der Waals surface area (Å²) < 4.78 is 0.456. The molecule has 1 unspecified atom stereocenters. The van der Waals surface area contributed by atoms with Gasteiger partial charge in [-0.05, 0) is 12.1 Å². The van der Waals surface area contributed by atoms with Gasteiger partial charge in [0.1, 0.15) is 4.32 Å². The number of nitrogens with zero attached hydrogens (tertiary/aromatic N) is 2. The van der Waals surface area contributed by atoms with Crippen molar-refractivity contribution in [2.24, 2.45) is 10.2 Å². The monoisotopic (exact) mass is 237 g/mol. The number of thioether (sulfide) groups is 1. The number of carbonyl (C=O) groups excluding carboxylic acids is 1. The molecule has 0 spiro atoms. The number of azo groups is 1. The molecular formula is C9H7N3OS2. The molecule has 6 heteroatoms. The van der Waals surface area contributed by atoms with Gasteiger partial charge in [0.05, 0.1) is 5.69 Å². The van der Waals surface area contributed by atoms with Crippen molar-refractivity contribution in [3.05, 3.63) is 30.3 Å². The van der Waals surface area contributed by atoms with Gasteiger partial charge in [0, 0.05) is 0 Å². The van der Waals surface area contributed by atoms with Crippen molar-refractivity contribution in [1.29, 1.82) is 0 Å². The Kier molecular flexibility index (Phi) is 3.08. The minimum atomic E-state index is -0.544. The molecule has 1 heterocycles. The summed E-state index contributed by atoms with van der Waals surface area (Å²) in [7, 11) is 0. The van der Waals surface area contributed by atoms with Crippen LogP contribution in [0.25, 0.3) is 0 Å². The summed E-state index contributed by atoms with van der Waals surface area (Å²) in [6.45, 7) is 0. The zero-order chi connectivity index (χ0) is 10.7. The van der Waals surface area contributed by atoms with E-state index in [4.69, 9.17) is 12.2 Å². The van der Waals surface area contributed by atoms with E-state index in [-0.39, 0.29) is 5.91 Å². The number of thiocarbonyl (C=S) groups is 1. The van der Waals surface area contributed by atoms with Crippen molar-refractivity contribution < 1.29 is 4.79 Å². The number of nitrogens with one attached hydrogen (secondary N) is 1. The molecule has 1 aromatic carbocycles. The summed E-state index contributed by atoms with van der Waals surface area (Å²) >= 11 is 6.04. The van der Waals surface area contributed by atoms with Crippen molar-refractivity contribution in [1.82, 2.24) is 5.32 Å². The van der Waals surface area contributed by atoms with Crippen molar-refractivity contribution in [3.63, 3.8) is 0 Å². The van der Waals surface area contributed by atoms with E-state index in [1.54, 1.807) is 0 Å². The number of benzene rings is 1. The number of hydrogen-bond donors (Lipinski definition) is 1. The van der Waals surface area contributed by atoms with Crippen LogP contribution in [0.4, 0.5) is 5.69 Å². The standard InChI is InChI=1S/C9H7N3OS2/c13-7-8(15-9(14)10-7)12-11-6-4-2-1-3-5-6/h1-5,8H,(H,10,13,14). The molecule has 2 rings (SSSR count). The van der Waals surface area contributed by atoms with E-state index in [2.05, 4.69) is 15.5 Å². The van der Waals surface area contributed by atoms with Crippen LogP contribution in [0.2, 0.25) is 0 Å². The van der Waals surface area contributed by atoms with Crippen LogP contribution in [-0.2, 0) is 4.79 Å². The summed E-state index contributed by atoms with van der Waals surface area (Å²) in [6, 6.07) is 9.26. The lowest BCUT2D eigenvalue weighted by Crippen LogP contribution is -2.22. The smallest absolute Gasteiger partial charge is 0.262 e. The largest absolute Gasteiger partial charge is 0.309 e. The summed E-state index contributed by atoms with van der Waals surface area (Å²) in [6.07, 6.45) is 0. The van der Waals surface area contributed by atoms with E-state index in [9.17, 15) is 4.79 Å². The maximum atomic E-state index is 11.2. The normalized spacial score (nSPS) is 20.9. The van der Waals surface area contributed by atoms with Crippen LogP contribution in [0, 0.1) is 0 Å². The second-order valence-electron chi connectivity index (χ2n) is 2.80. The van der Waals surface area contributed by atoms with Crippen LogP contribution in [0.15, 0.2) is 40.6 Å². The predicted molar refractivity (Wildman–Crippen MR) is 63.1 cm³/mol. The maximum Gasteiger partial charge on any atom is 0.262 e. The Balaban J connectivity index is 2.06. The molecule has 1 atom stereocenters. The van der Waals surface area contributed by atoms with E-state index in [0.29, 0.717) is 4.32 Å². The lowest BCUT2D eigenvalue weighted by atomic mass is 10.3. The summed E-state index contributed by atoms with van der Waals surface area (Å²) in [5.74, 6) is -0.204. The summed E-state index contributed by atoms with van der Waals surface area (Å²) in [4.78, 5) is 11.2. The first-order valence-electron chi connectivity index (χ1n) is 4.23. The Bertz CT molecular complexity index is 419. The Labute approximate surface area is 96.2 Å². The fourth-order valence-corrected chi connectivity index (χ4v) is 2.03. The molecule has 1 amide bonds. The minimum absolute atomic E-state index is 0.204. The maximum absolute atomic E-state index is 11.2. The molecule has 76 valence electrons. The number of rotatable bonds is 2. The van der Waals surface area contributed by atoms with Crippen molar-refractivity contribution in [3.8, 4) is 0 Å². The third-order valence-corrected chi connectivity index (χ3v) is 2.94. The van der Waals surface area contributed by atoms with Gasteiger partial charge in [-0.3, -0.25) is 4.79 Å². The van der Waals surface area contributed by atoms with Gasteiger partial charge >= 0.3 is 0 Å². The van der Waals surface area contributed by atoms with Gasteiger partial charge < -0.3 is 5.32 Å². The van der Waals surface area contributed by atoms with E-state index >= 15 is 0 Å². The van der Waals surface area contributed by atoms with Gasteiger partial charge in [-0.2, -0.15) is 10.2 Å². The Morgan fingerprint density at radius 1 is 1.33 bits per heavy atom. The topological polar surface area (TPSA) is 53.8 Å². The average Bonchev–Trinajstić information content (AvgIpc) is 2.56. The van der Waals surface area contributed by atoms with Crippen LogP contribution < -0.4 is 5.32 Å². The average molecular weight is 237 g/mol. The quantitative estimate of drug-likeness (QED) is 0.634. The number of amides is 1. The molecule has 0 saturated carbocycles. The first-order valence-corrected chi connectivity index (χ1v) is 5.52. The highest BCUT2D eigenvalue weighted by atomic mass is 32.2. The van der Waals surface area contributed by atoms with Gasteiger partial charge in [0.25, 0.3) is 5.91 Å². The SMILES string of the molecule is O=C1NC(=S)SC1N=Nc1ccccc1. The molecule has 1 fully saturated rings. The van der Waals surface area contributed by atoms with Crippen molar-refractivity contribution in [2.75, 3.05) is 0 Å². The zero-order valence-corrected chi connectivity index (χ0v) is 9.22. The molecule has 1 aromatic rings. The third-order valence-electron chi connectivity index (χ3n) is 1.70. The van der Waals surface area contributed by atoms with E-state index < -0.39 is 5.37 Å². The molecule has 4 nitrogen and oxygen atoms in total. The molecule has 1 aliphatic heterocycles. The molecule has 0 aromatic heterocycles. The lowest BCUT2D eigenvalue weighted by Gasteiger charge is -1.95. The van der Waals surface area contributed by atoms with Crippen LogP contribution in [0.1, 0.15) is 0 Å². The lowest BCUT2D eigenvalue weighted by molar-refractivity contribution is -0.118. The summed E-state index contributed by atoms with van der Waals surface area (Å²) in [5.41, 5.74) is 0.726. The first kappa shape index (κ1) is 10.3. The van der Waals surface area contributed by atoms with Crippen molar-refractivity contribution in [2.45, 2.75) is 5.37 Å². The Hall–Kier alpha value is -1.27. The van der Waals surface area contributed by atoms with E-state index in [1.807, 2.05) is 30.3 Å². The molecule has 15 heavy (non-hydrogen) atoms. The molecule has 0 radical (unpaired) electrons. The fraction of sp³-hybridized carbons (Fsp3) is 0.111. The second kappa shape index (κ2) is 4.50. The van der Waals surface area contributed by atoms with Gasteiger partial charge in [-0.15, -0.1) is 0 Å². The van der Waals surface area contributed by atoms with E-state index in [0.717, 1.165) is 5.69 Å². The molecule has 0 bridgehead atoms. The molecule has 1 aliphatic rings. The van der Waals surface area contributed by atoms with Crippen molar-refractivity contribution >= 4 is 39.9 Å².